The predicted molar refractivity (Wildman–Crippen MR) is 109 cm³/mol. The third-order valence-electron chi connectivity index (χ3n) is 4.90. The van der Waals surface area contributed by atoms with Crippen LogP contribution in [0.5, 0.6) is 0 Å². The molecule has 0 aliphatic carbocycles. The summed E-state index contributed by atoms with van der Waals surface area (Å²) in [6.07, 6.45) is -4.60. The molecule has 0 aromatic heterocycles. The highest BCUT2D eigenvalue weighted by atomic mass is 16.5. The first kappa shape index (κ1) is 20.9. The van der Waals surface area contributed by atoms with Crippen LogP contribution in [0.1, 0.15) is 16.7 Å². The van der Waals surface area contributed by atoms with Crippen molar-refractivity contribution in [2.75, 3.05) is 6.61 Å². The Kier molecular flexibility index (Phi) is 6.90. The first-order valence-electron chi connectivity index (χ1n) is 9.39. The highest BCUT2D eigenvalue weighted by Crippen LogP contribution is 2.40. The molecular formula is C24H24O5. The molecule has 0 radical (unpaired) electrons. The Balaban J connectivity index is 2.09. The van der Waals surface area contributed by atoms with Crippen molar-refractivity contribution in [1.82, 2.24) is 0 Å². The van der Waals surface area contributed by atoms with Crippen LogP contribution in [-0.4, -0.2) is 46.5 Å². The van der Waals surface area contributed by atoms with Gasteiger partial charge in [-0.1, -0.05) is 91.0 Å². The normalized spacial score (nSPS) is 14.7. The minimum Gasteiger partial charge on any atom is -0.388 e. The number of aldehydes is 1. The second kappa shape index (κ2) is 9.58. The van der Waals surface area contributed by atoms with Gasteiger partial charge in [0.15, 0.2) is 6.29 Å². The van der Waals surface area contributed by atoms with E-state index in [1.54, 1.807) is 0 Å². The van der Waals surface area contributed by atoms with Gasteiger partial charge >= 0.3 is 0 Å². The summed E-state index contributed by atoms with van der Waals surface area (Å²) >= 11 is 0. The van der Waals surface area contributed by atoms with Crippen molar-refractivity contribution in [2.24, 2.45) is 0 Å². The summed E-state index contributed by atoms with van der Waals surface area (Å²) in [6, 6.07) is 28.7. The lowest BCUT2D eigenvalue weighted by molar-refractivity contribution is -0.133. The standard InChI is InChI=1S/C24H24O5/c25-16-21(26)23(28)22(27)17-29-24(18-10-4-1-5-11-18,19-12-6-2-7-13-19)20-14-8-3-9-15-20/h1-16,21-23,26-28H,17H2. The third-order valence-corrected chi connectivity index (χ3v) is 4.90. The molecule has 3 unspecified atom stereocenters. The van der Waals surface area contributed by atoms with Gasteiger partial charge in [-0.15, -0.1) is 0 Å². The zero-order valence-corrected chi connectivity index (χ0v) is 15.8. The molecule has 0 heterocycles. The number of hydrogen-bond acceptors (Lipinski definition) is 5. The maximum absolute atomic E-state index is 10.8. The molecule has 0 bridgehead atoms. The van der Waals surface area contributed by atoms with E-state index in [2.05, 4.69) is 0 Å². The van der Waals surface area contributed by atoms with E-state index in [-0.39, 0.29) is 12.9 Å². The van der Waals surface area contributed by atoms with Gasteiger partial charge in [-0.05, 0) is 16.7 Å². The fourth-order valence-corrected chi connectivity index (χ4v) is 3.39. The molecule has 0 fully saturated rings. The van der Waals surface area contributed by atoms with Crippen LogP contribution in [0.15, 0.2) is 91.0 Å². The van der Waals surface area contributed by atoms with E-state index in [0.717, 1.165) is 16.7 Å². The first-order valence-corrected chi connectivity index (χ1v) is 9.39. The van der Waals surface area contributed by atoms with Crippen LogP contribution in [0.4, 0.5) is 0 Å². The average Bonchev–Trinajstić information content (AvgIpc) is 2.80. The van der Waals surface area contributed by atoms with Crippen molar-refractivity contribution in [3.63, 3.8) is 0 Å². The van der Waals surface area contributed by atoms with Crippen LogP contribution in [0, 0.1) is 0 Å². The van der Waals surface area contributed by atoms with E-state index < -0.39 is 23.9 Å². The molecule has 3 atom stereocenters. The minimum absolute atomic E-state index is 0.187. The third kappa shape index (κ3) is 4.44. The molecule has 5 heteroatoms. The van der Waals surface area contributed by atoms with Crippen LogP contribution in [-0.2, 0) is 15.1 Å². The average molecular weight is 392 g/mol. The van der Waals surface area contributed by atoms with Crippen LogP contribution in [0.2, 0.25) is 0 Å². The van der Waals surface area contributed by atoms with Gasteiger partial charge in [0.05, 0.1) is 6.61 Å². The summed E-state index contributed by atoms with van der Waals surface area (Å²) in [4.78, 5) is 10.8. The maximum atomic E-state index is 10.8. The number of aliphatic hydroxyl groups is 3. The highest BCUT2D eigenvalue weighted by molar-refractivity contribution is 5.56. The van der Waals surface area contributed by atoms with Gasteiger partial charge in [-0.25, -0.2) is 0 Å². The first-order chi connectivity index (χ1) is 14.1. The maximum Gasteiger partial charge on any atom is 0.151 e. The molecule has 3 aromatic carbocycles. The lowest BCUT2D eigenvalue weighted by Gasteiger charge is -2.37. The topological polar surface area (TPSA) is 87.0 Å². The molecular weight excluding hydrogens is 368 g/mol. The molecule has 3 N–H and O–H groups in total. The summed E-state index contributed by atoms with van der Waals surface area (Å²) in [5, 5.41) is 29.9. The Morgan fingerprint density at radius 2 is 1.10 bits per heavy atom. The van der Waals surface area contributed by atoms with Crippen LogP contribution in [0.3, 0.4) is 0 Å². The van der Waals surface area contributed by atoms with Crippen LogP contribution in [0.25, 0.3) is 0 Å². The lowest BCUT2D eigenvalue weighted by Crippen LogP contribution is -2.43. The zero-order valence-electron chi connectivity index (χ0n) is 15.8. The predicted octanol–water partition coefficient (Wildman–Crippen LogP) is 2.28. The second-order valence-corrected chi connectivity index (χ2v) is 6.77. The Bertz CT molecular complexity index is 786. The number of carbonyl (C=O) groups is 1. The number of aliphatic hydroxyl groups excluding tert-OH is 3. The van der Waals surface area contributed by atoms with Crippen molar-refractivity contribution in [1.29, 1.82) is 0 Å². The molecule has 150 valence electrons. The van der Waals surface area contributed by atoms with E-state index >= 15 is 0 Å². The second-order valence-electron chi connectivity index (χ2n) is 6.77. The van der Waals surface area contributed by atoms with E-state index in [0.29, 0.717) is 0 Å². The molecule has 0 amide bonds. The van der Waals surface area contributed by atoms with Gasteiger partial charge in [0.2, 0.25) is 0 Å². The van der Waals surface area contributed by atoms with E-state index in [1.165, 1.54) is 0 Å². The Morgan fingerprint density at radius 3 is 1.45 bits per heavy atom. The molecule has 0 saturated heterocycles. The number of rotatable bonds is 9. The van der Waals surface area contributed by atoms with Crippen molar-refractivity contribution in [3.8, 4) is 0 Å². The summed E-state index contributed by atoms with van der Waals surface area (Å²) in [5.74, 6) is 0. The molecule has 0 aliphatic heterocycles. The van der Waals surface area contributed by atoms with Gasteiger partial charge in [-0.2, -0.15) is 0 Å². The molecule has 29 heavy (non-hydrogen) atoms. The van der Waals surface area contributed by atoms with Crippen molar-refractivity contribution in [2.45, 2.75) is 23.9 Å². The summed E-state index contributed by atoms with van der Waals surface area (Å²) in [5.41, 5.74) is 1.47. The monoisotopic (exact) mass is 392 g/mol. The molecule has 0 spiro atoms. The molecule has 3 aromatic rings. The fraction of sp³-hybridized carbons (Fsp3) is 0.208. The van der Waals surface area contributed by atoms with Gasteiger partial charge in [0, 0.05) is 0 Å². The van der Waals surface area contributed by atoms with Gasteiger partial charge < -0.3 is 24.9 Å². The number of ether oxygens (including phenoxy) is 1. The Morgan fingerprint density at radius 1 is 0.724 bits per heavy atom. The van der Waals surface area contributed by atoms with Gasteiger partial charge in [0.1, 0.15) is 23.9 Å². The largest absolute Gasteiger partial charge is 0.388 e. The van der Waals surface area contributed by atoms with E-state index in [1.807, 2.05) is 91.0 Å². The summed E-state index contributed by atoms with van der Waals surface area (Å²) in [6.45, 7) is -0.301. The SMILES string of the molecule is O=CC(O)C(O)C(O)COC(c1ccccc1)(c1ccccc1)c1ccccc1. The Labute approximate surface area is 169 Å². The zero-order chi connectivity index (χ0) is 20.7. The number of hydrogen-bond donors (Lipinski definition) is 3. The molecule has 0 aliphatic rings. The van der Waals surface area contributed by atoms with Gasteiger partial charge in [0.25, 0.3) is 0 Å². The van der Waals surface area contributed by atoms with Crippen molar-refractivity contribution >= 4 is 6.29 Å². The van der Waals surface area contributed by atoms with E-state index in [4.69, 9.17) is 4.74 Å². The smallest absolute Gasteiger partial charge is 0.151 e. The lowest BCUT2D eigenvalue weighted by atomic mass is 9.80. The van der Waals surface area contributed by atoms with Crippen molar-refractivity contribution in [3.05, 3.63) is 108 Å². The molecule has 3 rings (SSSR count). The minimum atomic E-state index is -1.69. The quantitative estimate of drug-likeness (QED) is 0.384. The van der Waals surface area contributed by atoms with Crippen LogP contribution >= 0.6 is 0 Å². The molecule has 5 nitrogen and oxygen atoms in total. The fourth-order valence-electron chi connectivity index (χ4n) is 3.39. The van der Waals surface area contributed by atoms with Crippen molar-refractivity contribution < 1.29 is 24.9 Å². The number of carbonyl (C=O) groups excluding carboxylic acids is 1. The summed E-state index contributed by atoms with van der Waals surface area (Å²) < 4.78 is 6.33. The van der Waals surface area contributed by atoms with E-state index in [9.17, 15) is 20.1 Å². The van der Waals surface area contributed by atoms with Gasteiger partial charge in [-0.3, -0.25) is 0 Å². The number of benzene rings is 3. The molecule has 0 saturated carbocycles. The van der Waals surface area contributed by atoms with Crippen LogP contribution < -0.4 is 0 Å². The highest BCUT2D eigenvalue weighted by Gasteiger charge is 2.39. The Hall–Kier alpha value is -2.83. The summed E-state index contributed by atoms with van der Waals surface area (Å²) in [7, 11) is 0.